The van der Waals surface area contributed by atoms with Crippen LogP contribution in [-0.4, -0.2) is 115 Å². The quantitative estimate of drug-likeness (QED) is 0.485. The van der Waals surface area contributed by atoms with Gasteiger partial charge in [-0.05, 0) is 31.4 Å². The Bertz CT molecular complexity index is 916. The van der Waals surface area contributed by atoms with Gasteiger partial charge < -0.3 is 24.4 Å². The molecule has 0 amide bonds. The average molecular weight is 609 g/mol. The lowest BCUT2D eigenvalue weighted by Crippen LogP contribution is -2.46. The number of nitrogens with zero attached hydrogens (tertiary/aromatic N) is 2. The molecule has 1 aromatic rings. The fourth-order valence-electron chi connectivity index (χ4n) is 4.35. The van der Waals surface area contributed by atoms with E-state index >= 15 is 0 Å². The van der Waals surface area contributed by atoms with Crippen molar-refractivity contribution in [1.29, 1.82) is 0 Å². The van der Waals surface area contributed by atoms with Crippen molar-refractivity contribution in [2.45, 2.75) is 56.8 Å². The summed E-state index contributed by atoms with van der Waals surface area (Å²) in [4.78, 5) is 25.8. The summed E-state index contributed by atoms with van der Waals surface area (Å²) in [5.41, 5.74) is -0.113. The van der Waals surface area contributed by atoms with E-state index in [1.807, 2.05) is 11.3 Å². The Morgan fingerprint density at radius 1 is 0.950 bits per heavy atom. The minimum absolute atomic E-state index is 0.113. The number of aliphatic carboxylic acids is 2. The van der Waals surface area contributed by atoms with Crippen LogP contribution in [0, 0.1) is 0 Å². The van der Waals surface area contributed by atoms with Crippen molar-refractivity contribution in [3.63, 3.8) is 0 Å². The van der Waals surface area contributed by atoms with Gasteiger partial charge in [0.15, 0.2) is 0 Å². The van der Waals surface area contributed by atoms with Gasteiger partial charge in [0.2, 0.25) is 0 Å². The highest BCUT2D eigenvalue weighted by molar-refractivity contribution is 7.11. The largest absolute Gasteiger partial charge is 0.490 e. The first-order chi connectivity index (χ1) is 18.6. The van der Waals surface area contributed by atoms with Gasteiger partial charge in [0.1, 0.15) is 5.60 Å². The first-order valence-corrected chi connectivity index (χ1v) is 13.4. The third-order valence-corrected chi connectivity index (χ3v) is 7.48. The van der Waals surface area contributed by atoms with Gasteiger partial charge in [-0.2, -0.15) is 26.3 Å². The highest BCUT2D eigenvalue weighted by Gasteiger charge is 2.43. The van der Waals surface area contributed by atoms with Crippen molar-refractivity contribution < 1.29 is 60.4 Å². The molecule has 0 unspecified atom stereocenters. The van der Waals surface area contributed by atoms with Gasteiger partial charge in [-0.15, -0.1) is 11.3 Å². The molecule has 3 fully saturated rings. The predicted molar refractivity (Wildman–Crippen MR) is 131 cm³/mol. The first-order valence-electron chi connectivity index (χ1n) is 12.6. The average Bonchev–Trinajstić information content (AvgIpc) is 3.43. The molecule has 4 heterocycles. The van der Waals surface area contributed by atoms with Crippen molar-refractivity contribution in [1.82, 2.24) is 9.80 Å². The third kappa shape index (κ3) is 11.9. The lowest BCUT2D eigenvalue weighted by atomic mass is 10.00. The molecule has 4 rings (SSSR count). The number of thiophene rings is 1. The van der Waals surface area contributed by atoms with Gasteiger partial charge in [0.25, 0.3) is 0 Å². The molecule has 0 aliphatic carbocycles. The molecule has 2 N–H and O–H groups in total. The zero-order chi connectivity index (χ0) is 30.0. The zero-order valence-electron chi connectivity index (χ0n) is 21.9. The van der Waals surface area contributed by atoms with E-state index in [9.17, 15) is 26.3 Å². The summed E-state index contributed by atoms with van der Waals surface area (Å²) in [6.45, 7) is 11.6. The summed E-state index contributed by atoms with van der Waals surface area (Å²) in [6.07, 6.45) is -6.44. The summed E-state index contributed by atoms with van der Waals surface area (Å²) in [7, 11) is 0. The normalized spacial score (nSPS) is 24.4. The highest BCUT2D eigenvalue weighted by Crippen LogP contribution is 2.34. The first kappa shape index (κ1) is 34.2. The molecule has 3 aliphatic heterocycles. The monoisotopic (exact) mass is 608 g/mol. The number of carbonyl (C=O) groups is 2. The van der Waals surface area contributed by atoms with Crippen molar-refractivity contribution in [2.75, 3.05) is 59.2 Å². The number of aryl methyl sites for hydroxylation is 1. The summed E-state index contributed by atoms with van der Waals surface area (Å²) in [5, 5.41) is 14.2. The molecular formula is C24H34F6N2O7S. The van der Waals surface area contributed by atoms with Gasteiger partial charge in [-0.1, -0.05) is 6.92 Å². The molecule has 2 atom stereocenters. The van der Waals surface area contributed by atoms with Crippen LogP contribution in [0.3, 0.4) is 0 Å². The number of ether oxygens (including phenoxy) is 3. The maximum absolute atomic E-state index is 10.6. The maximum atomic E-state index is 10.6. The van der Waals surface area contributed by atoms with Gasteiger partial charge in [-0.3, -0.25) is 9.80 Å². The number of halogens is 6. The number of carboxylic acids is 2. The molecule has 0 saturated carbocycles. The Morgan fingerprint density at radius 3 is 2.00 bits per heavy atom. The second-order valence-electron chi connectivity index (χ2n) is 9.47. The SMILES string of the molecule is CCc1ccc(CN2CCOC[C@@]3(CC[C@H](CN4CCOCC4)O3)C2)s1.O=C(O)C(F)(F)F.O=C(O)C(F)(F)F. The summed E-state index contributed by atoms with van der Waals surface area (Å²) >= 11 is 1.95. The van der Waals surface area contributed by atoms with Crippen molar-refractivity contribution in [2.24, 2.45) is 0 Å². The minimum atomic E-state index is -5.08. The Kier molecular flexibility index (Phi) is 13.1. The molecule has 9 nitrogen and oxygen atoms in total. The molecule has 0 bridgehead atoms. The van der Waals surface area contributed by atoms with E-state index in [-0.39, 0.29) is 5.60 Å². The van der Waals surface area contributed by atoms with E-state index in [0.29, 0.717) is 6.10 Å². The Morgan fingerprint density at radius 2 is 1.48 bits per heavy atom. The summed E-state index contributed by atoms with van der Waals surface area (Å²) < 4.78 is 81.5. The number of morpholine rings is 1. The van der Waals surface area contributed by atoms with Crippen LogP contribution in [0.15, 0.2) is 12.1 Å². The lowest BCUT2D eigenvalue weighted by Gasteiger charge is -2.33. The van der Waals surface area contributed by atoms with Crippen LogP contribution in [0.25, 0.3) is 0 Å². The lowest BCUT2D eigenvalue weighted by molar-refractivity contribution is -0.193. The van der Waals surface area contributed by atoms with E-state index in [2.05, 4.69) is 28.9 Å². The zero-order valence-corrected chi connectivity index (χ0v) is 22.7. The summed E-state index contributed by atoms with van der Waals surface area (Å²) in [5.74, 6) is -5.51. The second kappa shape index (κ2) is 15.3. The Balaban J connectivity index is 0.000000333. The van der Waals surface area contributed by atoms with Gasteiger partial charge in [0, 0.05) is 49.0 Å². The highest BCUT2D eigenvalue weighted by atomic mass is 32.1. The third-order valence-electron chi connectivity index (χ3n) is 6.26. The van der Waals surface area contributed by atoms with Gasteiger partial charge in [0.05, 0.1) is 32.5 Å². The standard InChI is InChI=1S/C20H32N2O3S.2C2HF3O2/c1-2-18-3-4-19(26-18)14-22-9-12-24-16-20(15-22)6-5-17(25-20)13-21-7-10-23-11-8-21;2*3-2(4,5)1(6)7/h3-4,17H,2,5-16H2,1H3;2*(H,6,7)/t17-,20-;;/m1../s1. The number of rotatable bonds is 5. The van der Waals surface area contributed by atoms with Crippen LogP contribution < -0.4 is 0 Å². The molecule has 1 aromatic heterocycles. The van der Waals surface area contributed by atoms with Crippen LogP contribution in [0.5, 0.6) is 0 Å². The molecule has 230 valence electrons. The van der Waals surface area contributed by atoms with Gasteiger partial charge >= 0.3 is 24.3 Å². The van der Waals surface area contributed by atoms with E-state index in [1.165, 1.54) is 9.75 Å². The summed E-state index contributed by atoms with van der Waals surface area (Å²) in [6, 6.07) is 4.56. The number of carboxylic acid groups (broad SMARTS) is 2. The molecule has 1 spiro atoms. The number of alkyl halides is 6. The van der Waals surface area contributed by atoms with Crippen LogP contribution in [0.1, 0.15) is 29.5 Å². The Labute approximate surface area is 231 Å². The van der Waals surface area contributed by atoms with E-state index in [4.69, 9.17) is 34.0 Å². The molecular weight excluding hydrogens is 574 g/mol. The Hall–Kier alpha value is -1.98. The topological polar surface area (TPSA) is 109 Å². The minimum Gasteiger partial charge on any atom is -0.475 e. The predicted octanol–water partition coefficient (Wildman–Crippen LogP) is 3.66. The van der Waals surface area contributed by atoms with Crippen LogP contribution >= 0.6 is 11.3 Å². The van der Waals surface area contributed by atoms with Crippen LogP contribution in [0.2, 0.25) is 0 Å². The number of hydrogen-bond acceptors (Lipinski definition) is 8. The smallest absolute Gasteiger partial charge is 0.475 e. The molecule has 16 heteroatoms. The fraction of sp³-hybridized carbons (Fsp3) is 0.750. The van der Waals surface area contributed by atoms with Crippen molar-refractivity contribution in [3.8, 4) is 0 Å². The molecule has 0 radical (unpaired) electrons. The van der Waals surface area contributed by atoms with Crippen molar-refractivity contribution in [3.05, 3.63) is 21.9 Å². The van der Waals surface area contributed by atoms with E-state index < -0.39 is 24.3 Å². The second-order valence-corrected chi connectivity index (χ2v) is 10.7. The molecule has 0 aromatic carbocycles. The van der Waals surface area contributed by atoms with Crippen LogP contribution in [-0.2, 0) is 36.8 Å². The molecule has 40 heavy (non-hydrogen) atoms. The van der Waals surface area contributed by atoms with E-state index in [1.54, 1.807) is 0 Å². The van der Waals surface area contributed by atoms with Gasteiger partial charge in [-0.25, -0.2) is 9.59 Å². The fourth-order valence-corrected chi connectivity index (χ4v) is 5.36. The van der Waals surface area contributed by atoms with Crippen molar-refractivity contribution >= 4 is 23.3 Å². The molecule has 3 saturated heterocycles. The van der Waals surface area contributed by atoms with E-state index in [0.717, 1.165) is 85.0 Å². The number of hydrogen-bond donors (Lipinski definition) is 2. The maximum Gasteiger partial charge on any atom is 0.490 e. The van der Waals surface area contributed by atoms with Crippen LogP contribution in [0.4, 0.5) is 26.3 Å². The molecule has 3 aliphatic rings.